The van der Waals surface area contributed by atoms with E-state index in [-0.39, 0.29) is 42.1 Å². The first-order chi connectivity index (χ1) is 11.5. The SMILES string of the molecule is [2H]C([2H])([2H])N(CC(=O)[O-])C(=N)NC(=O)CCCCCCCCC(C)O.[Na+]. The quantitative estimate of drug-likeness (QED) is 0.163. The molecule has 0 aliphatic carbocycles. The van der Waals surface area contributed by atoms with Crippen molar-refractivity contribution >= 4 is 17.8 Å². The van der Waals surface area contributed by atoms with E-state index in [9.17, 15) is 14.7 Å². The average molecular weight is 340 g/mol. The Kier molecular flexibility index (Phi) is 12.1. The minimum atomic E-state index is -2.85. The zero-order chi connectivity index (χ0) is 19.5. The van der Waals surface area contributed by atoms with Crippen molar-refractivity contribution in [2.24, 2.45) is 0 Å². The Labute approximate surface area is 164 Å². The molecular weight excluding hydrogens is 309 g/mol. The van der Waals surface area contributed by atoms with Crippen LogP contribution in [0.1, 0.15) is 62.4 Å². The molecule has 0 aromatic heterocycles. The topological polar surface area (TPSA) is 117 Å². The second kappa shape index (κ2) is 14.9. The second-order valence-corrected chi connectivity index (χ2v) is 5.36. The molecule has 1 amide bonds. The first-order valence-corrected chi connectivity index (χ1v) is 7.58. The number of rotatable bonds is 11. The molecular formula is C15H28N3NaO4. The molecule has 3 N–H and O–H groups in total. The molecule has 0 saturated carbocycles. The fraction of sp³-hybridized carbons (Fsp3) is 0.800. The summed E-state index contributed by atoms with van der Waals surface area (Å²) in [6, 6.07) is 0. The first-order valence-electron chi connectivity index (χ1n) is 9.08. The number of hydrogen-bond donors (Lipinski definition) is 3. The summed E-state index contributed by atoms with van der Waals surface area (Å²) in [5.74, 6) is -2.94. The number of nitrogens with zero attached hydrogens (tertiary/aromatic N) is 1. The van der Waals surface area contributed by atoms with Gasteiger partial charge in [0.1, 0.15) is 0 Å². The Morgan fingerprint density at radius 1 is 1.26 bits per heavy atom. The molecule has 23 heavy (non-hydrogen) atoms. The summed E-state index contributed by atoms with van der Waals surface area (Å²) in [5, 5.41) is 29.4. The van der Waals surface area contributed by atoms with Crippen LogP contribution in [0.25, 0.3) is 0 Å². The summed E-state index contributed by atoms with van der Waals surface area (Å²) in [4.78, 5) is 22.6. The number of guanidine groups is 1. The molecule has 0 fully saturated rings. The van der Waals surface area contributed by atoms with Crippen molar-refractivity contribution in [2.45, 2.75) is 64.4 Å². The fourth-order valence-electron chi connectivity index (χ4n) is 1.90. The van der Waals surface area contributed by atoms with Crippen LogP contribution in [0.2, 0.25) is 0 Å². The van der Waals surface area contributed by atoms with Gasteiger partial charge in [0.15, 0.2) is 5.96 Å². The van der Waals surface area contributed by atoms with E-state index in [1.54, 1.807) is 6.92 Å². The summed E-state index contributed by atoms with van der Waals surface area (Å²) in [5.41, 5.74) is 0. The largest absolute Gasteiger partial charge is 1.00 e. The molecule has 0 aromatic rings. The normalized spacial score (nSPS) is 13.7. The number of aliphatic hydroxyl groups is 1. The van der Waals surface area contributed by atoms with E-state index in [1.807, 2.05) is 0 Å². The zero-order valence-electron chi connectivity index (χ0n) is 17.1. The standard InChI is InChI=1S/C15H29N3O4.Na/c1-12(19)9-7-5-3-4-6-8-10-13(20)17-15(16)18(2)11-14(21)22;/h12,19H,3-11H2,1-2H3,(H,21,22)(H2,16,17,20);/q;+1/p-1/i2D3;. The van der Waals surface area contributed by atoms with Gasteiger partial charge >= 0.3 is 29.6 Å². The summed E-state index contributed by atoms with van der Waals surface area (Å²) < 4.78 is 21.6. The number of carbonyl (C=O) groups is 2. The molecule has 0 saturated heterocycles. The van der Waals surface area contributed by atoms with Gasteiger partial charge in [0, 0.05) is 17.5 Å². The van der Waals surface area contributed by atoms with Gasteiger partial charge in [-0.25, -0.2) is 0 Å². The maximum absolute atomic E-state index is 11.7. The first kappa shape index (κ1) is 18.7. The fourth-order valence-corrected chi connectivity index (χ4v) is 1.90. The molecule has 0 heterocycles. The van der Waals surface area contributed by atoms with Crippen molar-refractivity contribution in [2.75, 3.05) is 13.5 Å². The van der Waals surface area contributed by atoms with Crippen molar-refractivity contribution in [3.63, 3.8) is 0 Å². The van der Waals surface area contributed by atoms with Gasteiger partial charge in [0.2, 0.25) is 5.91 Å². The van der Waals surface area contributed by atoms with E-state index in [1.165, 1.54) is 0 Å². The van der Waals surface area contributed by atoms with E-state index >= 15 is 0 Å². The minimum absolute atomic E-state index is 0. The third kappa shape index (κ3) is 16.0. The molecule has 0 bridgehead atoms. The van der Waals surface area contributed by atoms with Gasteiger partial charge in [-0.3, -0.25) is 15.5 Å². The van der Waals surface area contributed by atoms with E-state index < -0.39 is 31.4 Å². The molecule has 1 atom stereocenters. The van der Waals surface area contributed by atoms with Crippen molar-refractivity contribution in [3.05, 3.63) is 0 Å². The van der Waals surface area contributed by atoms with Crippen LogP contribution >= 0.6 is 0 Å². The molecule has 8 heteroatoms. The number of hydrogen-bond acceptors (Lipinski definition) is 5. The van der Waals surface area contributed by atoms with Gasteiger partial charge in [0.25, 0.3) is 0 Å². The van der Waals surface area contributed by atoms with Crippen molar-refractivity contribution in [1.29, 1.82) is 5.41 Å². The summed E-state index contributed by atoms with van der Waals surface area (Å²) in [6.45, 7) is -2.09. The molecule has 0 spiro atoms. The number of aliphatic carboxylic acids is 1. The minimum Gasteiger partial charge on any atom is -0.548 e. The van der Waals surface area contributed by atoms with Crippen molar-refractivity contribution in [3.8, 4) is 0 Å². The van der Waals surface area contributed by atoms with Gasteiger partial charge in [-0.2, -0.15) is 0 Å². The third-order valence-electron chi connectivity index (χ3n) is 3.09. The van der Waals surface area contributed by atoms with Crippen molar-refractivity contribution < 1.29 is 53.5 Å². The van der Waals surface area contributed by atoms with Crippen molar-refractivity contribution in [1.82, 2.24) is 10.2 Å². The summed E-state index contributed by atoms with van der Waals surface area (Å²) in [6.07, 6.45) is 6.05. The Hall–Kier alpha value is -0.630. The summed E-state index contributed by atoms with van der Waals surface area (Å²) >= 11 is 0. The Bertz CT molecular complexity index is 448. The average Bonchev–Trinajstić information content (AvgIpc) is 2.45. The number of unbranched alkanes of at least 4 members (excludes halogenated alkanes) is 5. The number of likely N-dealkylation sites (N-methyl/N-ethyl adjacent to an activating group) is 1. The zero-order valence-corrected chi connectivity index (χ0v) is 16.1. The molecule has 0 rings (SSSR count). The smallest absolute Gasteiger partial charge is 0.548 e. The molecule has 1 unspecified atom stereocenters. The molecule has 0 aliphatic heterocycles. The van der Waals surface area contributed by atoms with Gasteiger partial charge in [-0.1, -0.05) is 32.1 Å². The van der Waals surface area contributed by atoms with E-state index in [4.69, 9.17) is 14.6 Å². The van der Waals surface area contributed by atoms with E-state index in [0.717, 1.165) is 38.5 Å². The third-order valence-corrected chi connectivity index (χ3v) is 3.09. The molecule has 0 aromatic carbocycles. The number of carboxylic acid groups (broad SMARTS) is 1. The van der Waals surface area contributed by atoms with Gasteiger partial charge < -0.3 is 19.9 Å². The molecule has 0 aliphatic rings. The Morgan fingerprint density at radius 2 is 1.83 bits per heavy atom. The number of carboxylic acids is 1. The van der Waals surface area contributed by atoms with Crippen LogP contribution in [0.4, 0.5) is 0 Å². The predicted molar refractivity (Wildman–Crippen MR) is 82.1 cm³/mol. The van der Waals surface area contributed by atoms with Gasteiger partial charge in [-0.15, -0.1) is 0 Å². The predicted octanol–water partition coefficient (Wildman–Crippen LogP) is -2.78. The molecule has 7 nitrogen and oxygen atoms in total. The van der Waals surface area contributed by atoms with Crippen LogP contribution in [0.3, 0.4) is 0 Å². The summed E-state index contributed by atoms with van der Waals surface area (Å²) in [7, 11) is 0. The van der Waals surface area contributed by atoms with Crippen LogP contribution in [0, 0.1) is 5.41 Å². The number of amides is 1. The number of aliphatic hydroxyl groups excluding tert-OH is 1. The number of nitrogens with one attached hydrogen (secondary N) is 2. The van der Waals surface area contributed by atoms with Gasteiger partial charge in [-0.05, 0) is 19.8 Å². The van der Waals surface area contributed by atoms with E-state index in [2.05, 4.69) is 5.32 Å². The van der Waals surface area contributed by atoms with Crippen LogP contribution in [0.5, 0.6) is 0 Å². The van der Waals surface area contributed by atoms with Crippen LogP contribution in [0.15, 0.2) is 0 Å². The van der Waals surface area contributed by atoms with Crippen LogP contribution in [-0.4, -0.2) is 47.5 Å². The van der Waals surface area contributed by atoms with Crippen LogP contribution in [-0.2, 0) is 9.59 Å². The maximum Gasteiger partial charge on any atom is 1.00 e. The maximum atomic E-state index is 11.7. The second-order valence-electron chi connectivity index (χ2n) is 5.36. The molecule has 128 valence electrons. The molecule has 0 radical (unpaired) electrons. The van der Waals surface area contributed by atoms with E-state index in [0.29, 0.717) is 11.3 Å². The Balaban J connectivity index is 0. The van der Waals surface area contributed by atoms with Crippen LogP contribution < -0.4 is 40.0 Å². The number of carbonyl (C=O) groups excluding carboxylic acids is 2. The monoisotopic (exact) mass is 340 g/mol. The van der Waals surface area contributed by atoms with Gasteiger partial charge in [0.05, 0.1) is 18.6 Å². The Morgan fingerprint density at radius 3 is 2.35 bits per heavy atom.